The van der Waals surface area contributed by atoms with E-state index < -0.39 is 5.97 Å². The summed E-state index contributed by atoms with van der Waals surface area (Å²) in [5.41, 5.74) is 0.904. The van der Waals surface area contributed by atoms with Gasteiger partial charge in [0.2, 0.25) is 0 Å². The molecule has 0 saturated carbocycles. The Morgan fingerprint density at radius 3 is 2.77 bits per heavy atom. The number of carbonyl (C=O) groups is 2. The zero-order valence-electron chi connectivity index (χ0n) is 16.7. The van der Waals surface area contributed by atoms with Crippen molar-refractivity contribution in [3.05, 3.63) is 59.4 Å². The van der Waals surface area contributed by atoms with Crippen LogP contribution in [0, 0.1) is 0 Å². The van der Waals surface area contributed by atoms with E-state index in [2.05, 4.69) is 4.98 Å². The summed E-state index contributed by atoms with van der Waals surface area (Å²) < 4.78 is 11.2. The number of hydrogen-bond donors (Lipinski definition) is 1. The molecule has 0 spiro atoms. The third-order valence-electron chi connectivity index (χ3n) is 4.47. The van der Waals surface area contributed by atoms with E-state index in [-0.39, 0.29) is 12.3 Å². The van der Waals surface area contributed by atoms with Crippen LogP contribution in [0.25, 0.3) is 10.6 Å². The smallest absolute Gasteiger partial charge is 0.303 e. The van der Waals surface area contributed by atoms with Gasteiger partial charge in [-0.1, -0.05) is 18.2 Å². The van der Waals surface area contributed by atoms with Crippen molar-refractivity contribution < 1.29 is 23.8 Å². The van der Waals surface area contributed by atoms with Crippen LogP contribution in [-0.4, -0.2) is 40.5 Å². The highest BCUT2D eigenvalue weighted by Gasteiger charge is 2.18. The van der Waals surface area contributed by atoms with E-state index in [1.807, 2.05) is 30.3 Å². The number of unbranched alkanes of at least 4 members (excludes halogenated alkanes) is 2. The lowest BCUT2D eigenvalue weighted by Crippen LogP contribution is -2.26. The molecule has 1 aromatic carbocycles. The van der Waals surface area contributed by atoms with Gasteiger partial charge in [0.05, 0.1) is 17.7 Å². The van der Waals surface area contributed by atoms with Gasteiger partial charge in [-0.25, -0.2) is 4.98 Å². The van der Waals surface area contributed by atoms with Crippen LogP contribution in [0.1, 0.15) is 41.0 Å². The third kappa shape index (κ3) is 5.93. The minimum atomic E-state index is -0.773. The van der Waals surface area contributed by atoms with E-state index in [4.69, 9.17) is 14.3 Å². The van der Waals surface area contributed by atoms with Gasteiger partial charge in [-0.2, -0.15) is 0 Å². The number of furan rings is 1. The van der Waals surface area contributed by atoms with E-state index >= 15 is 0 Å². The Kier molecular flexibility index (Phi) is 7.62. The highest BCUT2D eigenvalue weighted by atomic mass is 32.1. The predicted molar refractivity (Wildman–Crippen MR) is 114 cm³/mol. The van der Waals surface area contributed by atoms with Crippen molar-refractivity contribution in [2.75, 3.05) is 13.7 Å². The van der Waals surface area contributed by atoms with Crippen LogP contribution in [0.15, 0.2) is 53.3 Å². The van der Waals surface area contributed by atoms with E-state index in [0.717, 1.165) is 29.0 Å². The minimum Gasteiger partial charge on any atom is -0.493 e. The summed E-state index contributed by atoms with van der Waals surface area (Å²) in [6, 6.07) is 11.2. The maximum absolute atomic E-state index is 12.8. The van der Waals surface area contributed by atoms with Gasteiger partial charge in [0.25, 0.3) is 5.91 Å². The molecule has 0 bridgehead atoms. The molecule has 0 aliphatic rings. The first-order chi connectivity index (χ1) is 14.5. The monoisotopic (exact) mass is 428 g/mol. The summed E-state index contributed by atoms with van der Waals surface area (Å²) in [5.74, 6) is 0.480. The van der Waals surface area contributed by atoms with Crippen molar-refractivity contribution in [1.29, 1.82) is 0 Å². The first-order valence-electron chi connectivity index (χ1n) is 9.72. The molecule has 2 aromatic heterocycles. The molecule has 1 amide bonds. The van der Waals surface area contributed by atoms with Gasteiger partial charge in [-0.15, -0.1) is 11.3 Å². The molecule has 158 valence electrons. The van der Waals surface area contributed by atoms with Crippen LogP contribution in [0.4, 0.5) is 0 Å². The molecule has 2 heterocycles. The van der Waals surface area contributed by atoms with Gasteiger partial charge < -0.3 is 19.2 Å². The van der Waals surface area contributed by atoms with Crippen molar-refractivity contribution in [3.8, 4) is 16.4 Å². The molecule has 0 fully saturated rings. The Balaban J connectivity index is 1.55. The van der Waals surface area contributed by atoms with Gasteiger partial charge >= 0.3 is 5.97 Å². The largest absolute Gasteiger partial charge is 0.493 e. The average molecular weight is 429 g/mol. The van der Waals surface area contributed by atoms with Crippen LogP contribution in [0.2, 0.25) is 0 Å². The van der Waals surface area contributed by atoms with E-state index in [9.17, 15) is 9.59 Å². The molecule has 0 unspecified atom stereocenters. The number of aromatic nitrogens is 1. The van der Waals surface area contributed by atoms with Gasteiger partial charge in [0.15, 0.2) is 5.01 Å². The fourth-order valence-corrected chi connectivity index (χ4v) is 3.79. The summed E-state index contributed by atoms with van der Waals surface area (Å²) in [7, 11) is 1.74. The molecule has 0 atom stereocenters. The molecule has 3 rings (SSSR count). The minimum absolute atomic E-state index is 0.165. The number of para-hydroxylation sites is 1. The Morgan fingerprint density at radius 2 is 2.00 bits per heavy atom. The Morgan fingerprint density at radius 1 is 1.17 bits per heavy atom. The first-order valence-corrected chi connectivity index (χ1v) is 10.5. The number of amides is 1. The number of aliphatic carboxylic acids is 1. The molecule has 7 nitrogen and oxygen atoms in total. The lowest BCUT2D eigenvalue weighted by Gasteiger charge is -2.18. The number of ether oxygens (including phenoxy) is 1. The highest BCUT2D eigenvalue weighted by molar-refractivity contribution is 7.16. The summed E-state index contributed by atoms with van der Waals surface area (Å²) in [6.07, 6.45) is 5.64. The zero-order valence-corrected chi connectivity index (χ0v) is 17.6. The molecule has 0 aliphatic carbocycles. The number of hydrogen-bond acceptors (Lipinski definition) is 6. The second kappa shape index (κ2) is 10.6. The van der Waals surface area contributed by atoms with Crippen molar-refractivity contribution in [2.45, 2.75) is 32.2 Å². The second-order valence-electron chi connectivity index (χ2n) is 6.83. The fourth-order valence-electron chi connectivity index (χ4n) is 2.91. The maximum Gasteiger partial charge on any atom is 0.303 e. The topological polar surface area (TPSA) is 92.9 Å². The molecular formula is C22H24N2O5S. The second-order valence-corrected chi connectivity index (χ2v) is 7.86. The Labute approximate surface area is 178 Å². The van der Waals surface area contributed by atoms with E-state index in [1.54, 1.807) is 30.5 Å². The number of carbonyl (C=O) groups excluding carboxylic acids is 1. The van der Waals surface area contributed by atoms with Crippen LogP contribution in [0.5, 0.6) is 5.75 Å². The molecule has 0 radical (unpaired) electrons. The lowest BCUT2D eigenvalue weighted by atomic mass is 10.2. The molecule has 8 heteroatoms. The molecule has 30 heavy (non-hydrogen) atoms. The number of benzene rings is 1. The van der Waals surface area contributed by atoms with Crippen LogP contribution in [-0.2, 0) is 11.3 Å². The van der Waals surface area contributed by atoms with Crippen LogP contribution < -0.4 is 4.74 Å². The van der Waals surface area contributed by atoms with Crippen molar-refractivity contribution in [2.24, 2.45) is 0 Å². The van der Waals surface area contributed by atoms with Crippen molar-refractivity contribution >= 4 is 23.2 Å². The maximum atomic E-state index is 12.8. The Bertz CT molecular complexity index is 968. The van der Waals surface area contributed by atoms with Crippen LogP contribution >= 0.6 is 11.3 Å². The predicted octanol–water partition coefficient (Wildman–Crippen LogP) is 4.70. The van der Waals surface area contributed by atoms with E-state index in [1.165, 1.54) is 11.3 Å². The van der Waals surface area contributed by atoms with Crippen molar-refractivity contribution in [3.63, 3.8) is 0 Å². The molecule has 1 N–H and O–H groups in total. The SMILES string of the molecule is CN(Cc1ccccc1OCCCCCC(=O)O)C(=O)c1ncc(-c2ccco2)s1. The fraction of sp³-hybridized carbons (Fsp3) is 0.318. The highest BCUT2D eigenvalue weighted by Crippen LogP contribution is 2.27. The number of rotatable bonds is 11. The molecular weight excluding hydrogens is 404 g/mol. The van der Waals surface area contributed by atoms with Gasteiger partial charge in [-0.3, -0.25) is 9.59 Å². The number of carboxylic acid groups (broad SMARTS) is 1. The first kappa shape index (κ1) is 21.6. The quantitative estimate of drug-likeness (QED) is 0.445. The number of carboxylic acids is 1. The standard InChI is InChI=1S/C22H24N2O5S/c1-24(22(27)21-23-14-19(30-21)18-10-7-13-29-18)15-16-8-4-5-9-17(16)28-12-6-2-3-11-20(25)26/h4-5,7-10,13-14H,2-3,6,11-12,15H2,1H3,(H,25,26). The summed E-state index contributed by atoms with van der Waals surface area (Å²) in [4.78, 5) is 30.0. The summed E-state index contributed by atoms with van der Waals surface area (Å²) in [5, 5.41) is 9.08. The van der Waals surface area contributed by atoms with Crippen LogP contribution in [0.3, 0.4) is 0 Å². The molecule has 0 aliphatic heterocycles. The Hall–Kier alpha value is -3.13. The zero-order chi connectivity index (χ0) is 21.3. The molecule has 3 aromatic rings. The average Bonchev–Trinajstić information content (AvgIpc) is 3.42. The lowest BCUT2D eigenvalue weighted by molar-refractivity contribution is -0.137. The van der Waals surface area contributed by atoms with Gasteiger partial charge in [0, 0.05) is 31.8 Å². The number of thiazole rings is 1. The summed E-state index contributed by atoms with van der Waals surface area (Å²) in [6.45, 7) is 0.900. The normalized spacial score (nSPS) is 10.7. The third-order valence-corrected chi connectivity index (χ3v) is 5.47. The number of nitrogens with zero attached hydrogens (tertiary/aromatic N) is 2. The molecule has 0 saturated heterocycles. The van der Waals surface area contributed by atoms with E-state index in [0.29, 0.717) is 30.3 Å². The van der Waals surface area contributed by atoms with Gasteiger partial charge in [0.1, 0.15) is 11.5 Å². The van der Waals surface area contributed by atoms with Gasteiger partial charge in [-0.05, 0) is 37.5 Å². The van der Waals surface area contributed by atoms with Crippen molar-refractivity contribution in [1.82, 2.24) is 9.88 Å². The summed E-state index contributed by atoms with van der Waals surface area (Å²) >= 11 is 1.30.